The molecule has 0 spiro atoms. The average Bonchev–Trinajstić information content (AvgIpc) is 2.56. The average molecular weight is 291 g/mol. The van der Waals surface area contributed by atoms with Gasteiger partial charge in [-0.05, 0) is 12.8 Å². The Hall–Kier alpha value is -2.42. The highest BCUT2D eigenvalue weighted by atomic mass is 15.2. The van der Waals surface area contributed by atoms with Crippen LogP contribution in [-0.2, 0) is 0 Å². The van der Waals surface area contributed by atoms with Crippen LogP contribution in [0.25, 0.3) is 22.0 Å². The number of rotatable bonds is 4. The quantitative estimate of drug-likeness (QED) is 0.753. The van der Waals surface area contributed by atoms with E-state index in [4.69, 9.17) is 0 Å². The van der Waals surface area contributed by atoms with Crippen molar-refractivity contribution in [2.75, 3.05) is 5.32 Å². The molecule has 1 N–H and O–H groups in total. The largest absolute Gasteiger partial charge is 0.365 e. The fourth-order valence-corrected chi connectivity index (χ4v) is 2.40. The van der Waals surface area contributed by atoms with Crippen LogP contribution in [0.1, 0.15) is 20.8 Å². The zero-order valence-corrected chi connectivity index (χ0v) is 13.2. The Morgan fingerprint density at radius 3 is 2.09 bits per heavy atom. The number of hydrogen-bond donors (Lipinski definition) is 1. The summed E-state index contributed by atoms with van der Waals surface area (Å²) >= 11 is 0. The maximum atomic E-state index is 4.48. The first-order chi connectivity index (χ1) is 10.7. The minimum atomic E-state index is 0.347. The van der Waals surface area contributed by atoms with Crippen LogP contribution in [0.4, 0.5) is 5.82 Å². The van der Waals surface area contributed by atoms with Gasteiger partial charge in [-0.3, -0.25) is 0 Å². The molecule has 3 heteroatoms. The van der Waals surface area contributed by atoms with Crippen LogP contribution >= 0.6 is 0 Å². The van der Waals surface area contributed by atoms with Crippen molar-refractivity contribution < 1.29 is 0 Å². The van der Waals surface area contributed by atoms with E-state index >= 15 is 0 Å². The first-order valence-electron chi connectivity index (χ1n) is 7.74. The Balaban J connectivity index is 2.12. The maximum Gasteiger partial charge on any atom is 0.156 e. The number of anilines is 1. The second-order valence-corrected chi connectivity index (χ2v) is 5.99. The fourth-order valence-electron chi connectivity index (χ4n) is 2.40. The zero-order chi connectivity index (χ0) is 15.5. The van der Waals surface area contributed by atoms with Gasteiger partial charge in [-0.25, -0.2) is 0 Å². The van der Waals surface area contributed by atoms with Crippen molar-refractivity contribution in [2.24, 2.45) is 5.92 Å². The van der Waals surface area contributed by atoms with E-state index in [9.17, 15) is 0 Å². The summed E-state index contributed by atoms with van der Waals surface area (Å²) in [6, 6.07) is 18.9. The van der Waals surface area contributed by atoms with Crippen molar-refractivity contribution in [2.45, 2.75) is 26.8 Å². The van der Waals surface area contributed by atoms with E-state index in [1.54, 1.807) is 0 Å². The molecule has 22 heavy (non-hydrogen) atoms. The first kappa shape index (κ1) is 14.5. The van der Waals surface area contributed by atoms with Gasteiger partial charge in [0.25, 0.3) is 0 Å². The highest BCUT2D eigenvalue weighted by molar-refractivity contribution is 6.00. The Kier molecular flexibility index (Phi) is 4.05. The van der Waals surface area contributed by atoms with Crippen molar-refractivity contribution in [1.82, 2.24) is 10.2 Å². The van der Waals surface area contributed by atoms with Gasteiger partial charge in [0.15, 0.2) is 5.82 Å². The Labute approximate surface area is 131 Å². The molecule has 0 aliphatic rings. The second-order valence-electron chi connectivity index (χ2n) is 5.99. The highest BCUT2D eigenvalue weighted by Crippen LogP contribution is 2.30. The number of nitrogens with zero attached hydrogens (tertiary/aromatic N) is 2. The molecule has 0 amide bonds. The van der Waals surface area contributed by atoms with Gasteiger partial charge >= 0.3 is 0 Å². The SMILES string of the molecule is CC(C)C(C)Nc1nnc(-c2ccccc2)c2ccccc12. The Morgan fingerprint density at radius 2 is 1.41 bits per heavy atom. The molecule has 0 saturated heterocycles. The lowest BCUT2D eigenvalue weighted by molar-refractivity contribution is 0.558. The second kappa shape index (κ2) is 6.14. The molecule has 3 nitrogen and oxygen atoms in total. The topological polar surface area (TPSA) is 37.8 Å². The van der Waals surface area contributed by atoms with E-state index in [-0.39, 0.29) is 0 Å². The number of aromatic nitrogens is 2. The van der Waals surface area contributed by atoms with Gasteiger partial charge in [-0.2, -0.15) is 0 Å². The monoisotopic (exact) mass is 291 g/mol. The van der Waals surface area contributed by atoms with E-state index < -0.39 is 0 Å². The van der Waals surface area contributed by atoms with Gasteiger partial charge in [0.05, 0.1) is 0 Å². The van der Waals surface area contributed by atoms with Crippen LogP contribution in [0.2, 0.25) is 0 Å². The van der Waals surface area contributed by atoms with Crippen LogP contribution < -0.4 is 5.32 Å². The van der Waals surface area contributed by atoms with Gasteiger partial charge in [0, 0.05) is 22.4 Å². The molecule has 0 saturated carbocycles. The van der Waals surface area contributed by atoms with E-state index in [0.29, 0.717) is 12.0 Å². The third-order valence-corrected chi connectivity index (χ3v) is 4.10. The molecule has 3 aromatic rings. The molecule has 0 aliphatic carbocycles. The van der Waals surface area contributed by atoms with Gasteiger partial charge in [-0.15, -0.1) is 10.2 Å². The van der Waals surface area contributed by atoms with Crippen LogP contribution in [0.5, 0.6) is 0 Å². The summed E-state index contributed by atoms with van der Waals surface area (Å²) in [6.07, 6.45) is 0. The molecule has 0 fully saturated rings. The summed E-state index contributed by atoms with van der Waals surface area (Å²) in [5, 5.41) is 14.7. The molecule has 2 aromatic carbocycles. The first-order valence-corrected chi connectivity index (χ1v) is 7.74. The highest BCUT2D eigenvalue weighted by Gasteiger charge is 2.13. The van der Waals surface area contributed by atoms with Gasteiger partial charge in [0.1, 0.15) is 5.69 Å². The number of hydrogen-bond acceptors (Lipinski definition) is 3. The predicted molar refractivity (Wildman–Crippen MR) is 92.9 cm³/mol. The van der Waals surface area contributed by atoms with Crippen molar-refractivity contribution in [3.05, 3.63) is 54.6 Å². The number of fused-ring (bicyclic) bond motifs is 1. The van der Waals surface area contributed by atoms with Crippen LogP contribution in [-0.4, -0.2) is 16.2 Å². The standard InChI is InChI=1S/C19H21N3/c1-13(2)14(3)20-19-17-12-8-7-11-16(17)18(21-22-19)15-9-5-4-6-10-15/h4-14H,1-3H3,(H,20,22). The molecule has 0 bridgehead atoms. The molecule has 112 valence electrons. The molecule has 3 rings (SSSR count). The molecule has 1 aromatic heterocycles. The van der Waals surface area contributed by atoms with Gasteiger partial charge in [0.2, 0.25) is 0 Å². The van der Waals surface area contributed by atoms with E-state index in [2.05, 4.69) is 60.6 Å². The molecule has 1 heterocycles. The molecule has 0 radical (unpaired) electrons. The minimum absolute atomic E-state index is 0.347. The Morgan fingerprint density at radius 1 is 0.773 bits per heavy atom. The summed E-state index contributed by atoms with van der Waals surface area (Å²) in [4.78, 5) is 0. The summed E-state index contributed by atoms with van der Waals surface area (Å²) in [5.41, 5.74) is 2.02. The normalized spacial score (nSPS) is 12.5. The molecule has 0 aliphatic heterocycles. The van der Waals surface area contributed by atoms with Gasteiger partial charge < -0.3 is 5.32 Å². The fraction of sp³-hybridized carbons (Fsp3) is 0.263. The lowest BCUT2D eigenvalue weighted by Gasteiger charge is -2.19. The Bertz CT molecular complexity index is 766. The minimum Gasteiger partial charge on any atom is -0.365 e. The van der Waals surface area contributed by atoms with E-state index in [0.717, 1.165) is 27.8 Å². The summed E-state index contributed by atoms with van der Waals surface area (Å²) in [7, 11) is 0. The van der Waals surface area contributed by atoms with Crippen LogP contribution in [0.3, 0.4) is 0 Å². The summed E-state index contributed by atoms with van der Waals surface area (Å²) in [5.74, 6) is 1.39. The summed E-state index contributed by atoms with van der Waals surface area (Å²) < 4.78 is 0. The number of benzene rings is 2. The van der Waals surface area contributed by atoms with Crippen molar-refractivity contribution >= 4 is 16.6 Å². The number of nitrogens with one attached hydrogen (secondary N) is 1. The van der Waals surface area contributed by atoms with Crippen LogP contribution in [0.15, 0.2) is 54.6 Å². The predicted octanol–water partition coefficient (Wildman–Crippen LogP) is 4.75. The van der Waals surface area contributed by atoms with Crippen molar-refractivity contribution in [3.63, 3.8) is 0 Å². The summed E-state index contributed by atoms with van der Waals surface area (Å²) in [6.45, 7) is 6.57. The van der Waals surface area contributed by atoms with E-state index in [1.165, 1.54) is 0 Å². The third kappa shape index (κ3) is 2.80. The molecular weight excluding hydrogens is 270 g/mol. The lowest BCUT2D eigenvalue weighted by atomic mass is 10.0. The smallest absolute Gasteiger partial charge is 0.156 e. The lowest BCUT2D eigenvalue weighted by Crippen LogP contribution is -2.22. The molecule has 1 atom stereocenters. The maximum absolute atomic E-state index is 4.48. The zero-order valence-electron chi connectivity index (χ0n) is 13.2. The molecule has 1 unspecified atom stereocenters. The van der Waals surface area contributed by atoms with Gasteiger partial charge in [-0.1, -0.05) is 68.4 Å². The van der Waals surface area contributed by atoms with Crippen molar-refractivity contribution in [3.8, 4) is 11.3 Å². The van der Waals surface area contributed by atoms with Crippen LogP contribution in [0, 0.1) is 5.92 Å². The van der Waals surface area contributed by atoms with E-state index in [1.807, 2.05) is 30.3 Å². The third-order valence-electron chi connectivity index (χ3n) is 4.10. The molecular formula is C19H21N3. The van der Waals surface area contributed by atoms with Crippen molar-refractivity contribution in [1.29, 1.82) is 0 Å².